The van der Waals surface area contributed by atoms with E-state index in [0.717, 1.165) is 12.3 Å². The van der Waals surface area contributed by atoms with Gasteiger partial charge >= 0.3 is 0 Å². The van der Waals surface area contributed by atoms with E-state index in [-0.39, 0.29) is 22.4 Å². The molecule has 124 valence electrons. The Labute approximate surface area is 134 Å². The van der Waals surface area contributed by atoms with E-state index in [1.807, 2.05) is 4.72 Å². The van der Waals surface area contributed by atoms with Crippen LogP contribution in [-0.2, 0) is 10.0 Å². The summed E-state index contributed by atoms with van der Waals surface area (Å²) in [5, 5.41) is 11.3. The molecule has 0 radical (unpaired) electrons. The number of rotatable bonds is 4. The minimum atomic E-state index is -3.70. The summed E-state index contributed by atoms with van der Waals surface area (Å²) in [6, 6.07) is 2.52. The molecular formula is C12H10N6O5S. The molecule has 3 aromatic rings. The van der Waals surface area contributed by atoms with Gasteiger partial charge in [0, 0.05) is 18.5 Å². The molecule has 0 aliphatic carbocycles. The van der Waals surface area contributed by atoms with Crippen LogP contribution in [0.5, 0.6) is 0 Å². The zero-order valence-electron chi connectivity index (χ0n) is 12.1. The monoisotopic (exact) mass is 350 g/mol. The lowest BCUT2D eigenvalue weighted by molar-refractivity contribution is -0.384. The highest BCUT2D eigenvalue weighted by Crippen LogP contribution is 2.27. The lowest BCUT2D eigenvalue weighted by Crippen LogP contribution is -2.20. The molecule has 1 aromatic carbocycles. The second-order valence-corrected chi connectivity index (χ2v) is 6.62. The minimum absolute atomic E-state index is 0.106. The Morgan fingerprint density at radius 1 is 1.38 bits per heavy atom. The molecule has 0 saturated heterocycles. The maximum atomic E-state index is 11.9. The van der Waals surface area contributed by atoms with Crippen LogP contribution in [-0.4, -0.2) is 39.1 Å². The highest BCUT2D eigenvalue weighted by molar-refractivity contribution is 7.92. The van der Waals surface area contributed by atoms with Crippen LogP contribution in [0.15, 0.2) is 35.6 Å². The number of nitro benzene ring substituents is 1. The summed E-state index contributed by atoms with van der Waals surface area (Å²) in [5.74, 6) is -0.421. The zero-order chi connectivity index (χ0) is 17.5. The second kappa shape index (κ2) is 5.42. The number of hydrogen-bond donors (Lipinski definition) is 2. The molecule has 12 heteroatoms. The highest BCUT2D eigenvalue weighted by Gasteiger charge is 2.19. The summed E-state index contributed by atoms with van der Waals surface area (Å²) in [6.07, 6.45) is 5.21. The van der Waals surface area contributed by atoms with Crippen LogP contribution in [0.3, 0.4) is 0 Å². The average molecular weight is 350 g/mol. The van der Waals surface area contributed by atoms with Crippen molar-refractivity contribution in [2.45, 2.75) is 0 Å². The number of H-pyrrole nitrogens is 1. The van der Waals surface area contributed by atoms with Crippen molar-refractivity contribution in [2.75, 3.05) is 11.0 Å². The largest absolute Gasteiger partial charge is 0.317 e. The smallest absolute Gasteiger partial charge is 0.295 e. The van der Waals surface area contributed by atoms with Gasteiger partial charge in [-0.25, -0.2) is 18.4 Å². The van der Waals surface area contributed by atoms with Crippen molar-refractivity contribution < 1.29 is 13.3 Å². The molecular weight excluding hydrogens is 340 g/mol. The van der Waals surface area contributed by atoms with Gasteiger partial charge in [-0.05, 0) is 6.07 Å². The van der Waals surface area contributed by atoms with Gasteiger partial charge in [0.2, 0.25) is 15.8 Å². The van der Waals surface area contributed by atoms with Crippen molar-refractivity contribution in [1.82, 2.24) is 19.5 Å². The van der Waals surface area contributed by atoms with Crippen molar-refractivity contribution in [3.8, 4) is 5.69 Å². The average Bonchev–Trinajstić information content (AvgIpc) is 2.99. The van der Waals surface area contributed by atoms with Crippen molar-refractivity contribution in [2.24, 2.45) is 0 Å². The lowest BCUT2D eigenvalue weighted by Gasteiger charge is -2.07. The molecule has 0 saturated carbocycles. The first-order valence-corrected chi connectivity index (χ1v) is 8.32. The normalized spacial score (nSPS) is 11.5. The van der Waals surface area contributed by atoms with Crippen molar-refractivity contribution in [3.63, 3.8) is 0 Å². The number of aromatic nitrogens is 4. The standard InChI is InChI=1S/C12H10N6O5S/c1-24(22,23)16-11-12(19)15-8-5-10(18(20)21)9(4-7(8)14-11)17-3-2-13-6-17/h2-6H,1H3,(H,14,16)(H,15,19). The molecule has 0 aliphatic heterocycles. The summed E-state index contributed by atoms with van der Waals surface area (Å²) in [6.45, 7) is 0. The molecule has 24 heavy (non-hydrogen) atoms. The van der Waals surface area contributed by atoms with Gasteiger partial charge in [-0.3, -0.25) is 19.6 Å². The Hall–Kier alpha value is -3.28. The summed E-state index contributed by atoms with van der Waals surface area (Å²) < 4.78 is 26.0. The number of hydrogen-bond acceptors (Lipinski definition) is 7. The van der Waals surface area contributed by atoms with Gasteiger partial charge in [0.15, 0.2) is 0 Å². The van der Waals surface area contributed by atoms with E-state index in [1.54, 1.807) is 0 Å². The molecule has 2 aromatic heterocycles. The Bertz CT molecular complexity index is 1100. The molecule has 11 nitrogen and oxygen atoms in total. The molecule has 2 heterocycles. The van der Waals surface area contributed by atoms with Crippen LogP contribution >= 0.6 is 0 Å². The third-order valence-electron chi connectivity index (χ3n) is 3.05. The number of anilines is 1. The molecule has 0 atom stereocenters. The van der Waals surface area contributed by atoms with Crippen molar-refractivity contribution in [3.05, 3.63) is 51.3 Å². The van der Waals surface area contributed by atoms with Crippen LogP contribution in [0, 0.1) is 10.1 Å². The van der Waals surface area contributed by atoms with Gasteiger partial charge in [0.1, 0.15) is 5.69 Å². The third-order valence-corrected chi connectivity index (χ3v) is 3.61. The first-order valence-electron chi connectivity index (χ1n) is 6.43. The predicted octanol–water partition coefficient (Wildman–Crippen LogP) is 0.388. The number of nitrogens with one attached hydrogen (secondary N) is 2. The van der Waals surface area contributed by atoms with E-state index in [4.69, 9.17) is 0 Å². The Morgan fingerprint density at radius 3 is 2.71 bits per heavy atom. The van der Waals surface area contributed by atoms with E-state index < -0.39 is 26.3 Å². The number of nitrogens with zero attached hydrogens (tertiary/aromatic N) is 4. The maximum absolute atomic E-state index is 11.9. The third kappa shape index (κ3) is 2.94. The van der Waals surface area contributed by atoms with Gasteiger partial charge in [-0.2, -0.15) is 0 Å². The molecule has 3 rings (SSSR count). The van der Waals surface area contributed by atoms with Gasteiger partial charge in [-0.1, -0.05) is 0 Å². The fourth-order valence-corrected chi connectivity index (χ4v) is 2.60. The molecule has 0 amide bonds. The maximum Gasteiger partial charge on any atom is 0.295 e. The van der Waals surface area contributed by atoms with Crippen LogP contribution in [0.25, 0.3) is 16.7 Å². The predicted molar refractivity (Wildman–Crippen MR) is 84.6 cm³/mol. The van der Waals surface area contributed by atoms with Gasteiger partial charge in [-0.15, -0.1) is 0 Å². The number of aromatic amines is 1. The van der Waals surface area contributed by atoms with E-state index in [2.05, 4.69) is 15.0 Å². The molecule has 2 N–H and O–H groups in total. The minimum Gasteiger partial charge on any atom is -0.317 e. The highest BCUT2D eigenvalue weighted by atomic mass is 32.2. The van der Waals surface area contributed by atoms with Gasteiger partial charge < -0.3 is 9.55 Å². The van der Waals surface area contributed by atoms with Gasteiger partial charge in [0.05, 0.1) is 28.5 Å². The number of fused-ring (bicyclic) bond motifs is 1. The Morgan fingerprint density at radius 2 is 2.12 bits per heavy atom. The van der Waals surface area contributed by atoms with Gasteiger partial charge in [0.25, 0.3) is 11.2 Å². The number of nitro groups is 1. The number of sulfonamides is 1. The Kier molecular flexibility index (Phi) is 3.52. The topological polar surface area (TPSA) is 153 Å². The van der Waals surface area contributed by atoms with Crippen molar-refractivity contribution in [1.29, 1.82) is 0 Å². The number of benzene rings is 1. The van der Waals surface area contributed by atoms with Crippen molar-refractivity contribution >= 4 is 32.6 Å². The second-order valence-electron chi connectivity index (χ2n) is 4.87. The quantitative estimate of drug-likeness (QED) is 0.509. The number of imidazole rings is 1. The van der Waals surface area contributed by atoms with Crippen LogP contribution in [0.4, 0.5) is 11.5 Å². The molecule has 0 unspecified atom stereocenters. The molecule has 0 fully saturated rings. The van der Waals surface area contributed by atoms with Crippen LogP contribution in [0.2, 0.25) is 0 Å². The molecule has 0 bridgehead atoms. The SMILES string of the molecule is CS(=O)(=O)Nc1nc2cc(-n3ccnc3)c([N+](=O)[O-])cc2[nH]c1=O. The molecule has 0 spiro atoms. The lowest BCUT2D eigenvalue weighted by atomic mass is 10.2. The first kappa shape index (κ1) is 15.6. The zero-order valence-corrected chi connectivity index (χ0v) is 12.9. The van der Waals surface area contributed by atoms with Crippen LogP contribution < -0.4 is 10.3 Å². The summed E-state index contributed by atoms with van der Waals surface area (Å²) in [7, 11) is -3.70. The first-order chi connectivity index (χ1) is 11.2. The van der Waals surface area contributed by atoms with E-state index in [0.29, 0.717) is 0 Å². The summed E-state index contributed by atoms with van der Waals surface area (Å²) in [5.41, 5.74) is -0.612. The van der Waals surface area contributed by atoms with E-state index >= 15 is 0 Å². The summed E-state index contributed by atoms with van der Waals surface area (Å²) >= 11 is 0. The van der Waals surface area contributed by atoms with E-state index in [9.17, 15) is 23.3 Å². The summed E-state index contributed by atoms with van der Waals surface area (Å²) in [4.78, 5) is 32.7. The molecule has 0 aliphatic rings. The fourth-order valence-electron chi connectivity index (χ4n) is 2.11. The van der Waals surface area contributed by atoms with E-state index in [1.165, 1.54) is 29.4 Å². The fraction of sp³-hybridized carbons (Fsp3) is 0.0833. The van der Waals surface area contributed by atoms with Crippen LogP contribution in [0.1, 0.15) is 0 Å². The Balaban J connectivity index is 2.28.